The Hall–Kier alpha value is -2.66. The molecule has 1 heterocycles. The van der Waals surface area contributed by atoms with Crippen molar-refractivity contribution in [3.05, 3.63) is 86.5 Å². The summed E-state index contributed by atoms with van der Waals surface area (Å²) in [5, 5.41) is 3.55. The molecular formula is C18H15ClFN3O. The fourth-order valence-corrected chi connectivity index (χ4v) is 2.51. The van der Waals surface area contributed by atoms with Gasteiger partial charge in [0, 0.05) is 22.7 Å². The fraction of sp³-hybridized carbons (Fsp3) is 0.111. The van der Waals surface area contributed by atoms with E-state index >= 15 is 0 Å². The number of nitrogens with one attached hydrogen (secondary N) is 2. The van der Waals surface area contributed by atoms with Crippen LogP contribution in [0.15, 0.2) is 53.3 Å². The third-order valence-electron chi connectivity index (χ3n) is 3.60. The van der Waals surface area contributed by atoms with Crippen molar-refractivity contribution >= 4 is 23.2 Å². The third kappa shape index (κ3) is 3.81. The number of H-pyrrole nitrogens is 1. The Labute approximate surface area is 143 Å². The van der Waals surface area contributed by atoms with E-state index in [0.717, 1.165) is 5.56 Å². The minimum atomic E-state index is -0.363. The first-order valence-corrected chi connectivity index (χ1v) is 7.76. The van der Waals surface area contributed by atoms with Crippen LogP contribution in [0.2, 0.25) is 5.02 Å². The van der Waals surface area contributed by atoms with Gasteiger partial charge in [0.25, 0.3) is 5.56 Å². The maximum Gasteiger partial charge on any atom is 0.256 e. The molecule has 0 spiro atoms. The maximum absolute atomic E-state index is 13.2. The fourth-order valence-electron chi connectivity index (χ4n) is 2.39. The van der Waals surface area contributed by atoms with Gasteiger partial charge in [-0.15, -0.1) is 0 Å². The average molecular weight is 344 g/mol. The first-order valence-electron chi connectivity index (χ1n) is 7.38. The van der Waals surface area contributed by atoms with Crippen molar-refractivity contribution in [1.82, 2.24) is 9.97 Å². The van der Waals surface area contributed by atoms with Crippen molar-refractivity contribution in [2.75, 3.05) is 5.32 Å². The zero-order valence-electron chi connectivity index (χ0n) is 12.9. The van der Waals surface area contributed by atoms with E-state index in [1.165, 1.54) is 12.1 Å². The van der Waals surface area contributed by atoms with Crippen LogP contribution in [0.3, 0.4) is 0 Å². The lowest BCUT2D eigenvalue weighted by molar-refractivity contribution is 0.628. The Bertz CT molecular complexity index is 922. The molecule has 2 aromatic carbocycles. The molecule has 0 amide bonds. The molecule has 0 saturated heterocycles. The van der Waals surface area contributed by atoms with E-state index in [2.05, 4.69) is 15.3 Å². The van der Waals surface area contributed by atoms with E-state index in [0.29, 0.717) is 28.4 Å². The predicted molar refractivity (Wildman–Crippen MR) is 93.5 cm³/mol. The molecule has 0 aliphatic heterocycles. The Balaban J connectivity index is 1.85. The van der Waals surface area contributed by atoms with E-state index < -0.39 is 0 Å². The second-order valence-electron chi connectivity index (χ2n) is 5.42. The Morgan fingerprint density at radius 2 is 1.96 bits per heavy atom. The number of halogens is 2. The van der Waals surface area contributed by atoms with Gasteiger partial charge >= 0.3 is 0 Å². The van der Waals surface area contributed by atoms with Crippen LogP contribution in [0.4, 0.5) is 16.0 Å². The van der Waals surface area contributed by atoms with Crippen molar-refractivity contribution in [2.24, 2.45) is 0 Å². The van der Waals surface area contributed by atoms with Gasteiger partial charge in [-0.05, 0) is 42.8 Å². The summed E-state index contributed by atoms with van der Waals surface area (Å²) in [6.07, 6.45) is 0.464. The summed E-state index contributed by atoms with van der Waals surface area (Å²) in [7, 11) is 0. The number of benzene rings is 2. The van der Waals surface area contributed by atoms with Gasteiger partial charge in [-0.2, -0.15) is 0 Å². The highest BCUT2D eigenvalue weighted by Crippen LogP contribution is 2.16. The minimum absolute atomic E-state index is 0.226. The van der Waals surface area contributed by atoms with Gasteiger partial charge in [0.1, 0.15) is 5.82 Å². The molecule has 0 aliphatic carbocycles. The summed E-state index contributed by atoms with van der Waals surface area (Å²) in [6.45, 7) is 1.78. The molecule has 0 atom stereocenters. The van der Waals surface area contributed by atoms with Crippen LogP contribution in [0.1, 0.15) is 16.8 Å². The molecule has 24 heavy (non-hydrogen) atoms. The molecule has 6 heteroatoms. The molecule has 0 saturated carbocycles. The van der Waals surface area contributed by atoms with Crippen LogP contribution >= 0.6 is 11.6 Å². The lowest BCUT2D eigenvalue weighted by atomic mass is 10.1. The van der Waals surface area contributed by atoms with Gasteiger partial charge in [0.2, 0.25) is 5.95 Å². The molecule has 1 aromatic heterocycles. The highest BCUT2D eigenvalue weighted by atomic mass is 35.5. The van der Waals surface area contributed by atoms with E-state index in [9.17, 15) is 9.18 Å². The normalized spacial score (nSPS) is 10.6. The Kier molecular flexibility index (Phi) is 4.62. The molecule has 2 N–H and O–H groups in total. The van der Waals surface area contributed by atoms with Gasteiger partial charge in [0.05, 0.1) is 5.69 Å². The minimum Gasteiger partial charge on any atom is -0.326 e. The van der Waals surface area contributed by atoms with Crippen LogP contribution in [0.5, 0.6) is 0 Å². The van der Waals surface area contributed by atoms with Gasteiger partial charge in [-0.25, -0.2) is 9.37 Å². The monoisotopic (exact) mass is 343 g/mol. The number of hydrogen-bond donors (Lipinski definition) is 2. The van der Waals surface area contributed by atoms with E-state index in [1.807, 2.05) is 12.1 Å². The number of anilines is 2. The van der Waals surface area contributed by atoms with Gasteiger partial charge in [-0.3, -0.25) is 9.78 Å². The molecular weight excluding hydrogens is 329 g/mol. The summed E-state index contributed by atoms with van der Waals surface area (Å²) < 4.78 is 13.2. The largest absolute Gasteiger partial charge is 0.326 e. The van der Waals surface area contributed by atoms with Gasteiger partial charge < -0.3 is 5.32 Å². The number of aromatic amines is 1. The Morgan fingerprint density at radius 1 is 1.21 bits per heavy atom. The molecule has 3 rings (SSSR count). The summed E-state index contributed by atoms with van der Waals surface area (Å²) in [4.78, 5) is 19.4. The highest BCUT2D eigenvalue weighted by Gasteiger charge is 2.09. The molecule has 3 aromatic rings. The lowest BCUT2D eigenvalue weighted by Gasteiger charge is -2.09. The van der Waals surface area contributed by atoms with Crippen LogP contribution in [0.25, 0.3) is 0 Å². The standard InChI is InChI=1S/C18H15ClFN3O/c1-11-16(9-12-5-7-13(19)8-6-12)17(24)23-18(21-11)22-15-4-2-3-14(20)10-15/h2-8,10H,9H2,1H3,(H2,21,22,23,24). The summed E-state index contributed by atoms with van der Waals surface area (Å²) in [5.74, 6) is -0.0821. The van der Waals surface area contributed by atoms with E-state index in [1.54, 1.807) is 31.2 Å². The van der Waals surface area contributed by atoms with E-state index in [4.69, 9.17) is 11.6 Å². The molecule has 4 nitrogen and oxygen atoms in total. The van der Waals surface area contributed by atoms with Crippen LogP contribution in [0, 0.1) is 12.7 Å². The van der Waals surface area contributed by atoms with Crippen molar-refractivity contribution < 1.29 is 4.39 Å². The topological polar surface area (TPSA) is 57.8 Å². The smallest absolute Gasteiger partial charge is 0.256 e. The quantitative estimate of drug-likeness (QED) is 0.746. The molecule has 122 valence electrons. The predicted octanol–water partition coefficient (Wildman–Crippen LogP) is 4.21. The maximum atomic E-state index is 13.2. The average Bonchev–Trinajstić information content (AvgIpc) is 2.53. The van der Waals surface area contributed by atoms with Crippen LogP contribution in [-0.2, 0) is 6.42 Å². The van der Waals surface area contributed by atoms with Gasteiger partial charge in [-0.1, -0.05) is 29.8 Å². The molecule has 0 aliphatic rings. The van der Waals surface area contributed by atoms with Crippen molar-refractivity contribution in [3.8, 4) is 0 Å². The number of nitrogens with zero attached hydrogens (tertiary/aromatic N) is 1. The van der Waals surface area contributed by atoms with Gasteiger partial charge in [0.15, 0.2) is 0 Å². The van der Waals surface area contributed by atoms with Crippen LogP contribution in [-0.4, -0.2) is 9.97 Å². The lowest BCUT2D eigenvalue weighted by Crippen LogP contribution is -2.18. The summed E-state index contributed by atoms with van der Waals surface area (Å²) in [6, 6.07) is 13.3. The number of aryl methyl sites for hydroxylation is 1. The zero-order chi connectivity index (χ0) is 17.1. The zero-order valence-corrected chi connectivity index (χ0v) is 13.7. The van der Waals surface area contributed by atoms with Crippen LogP contribution < -0.4 is 10.9 Å². The number of hydrogen-bond acceptors (Lipinski definition) is 3. The molecule has 0 radical (unpaired) electrons. The second-order valence-corrected chi connectivity index (χ2v) is 5.85. The SMILES string of the molecule is Cc1nc(Nc2cccc(F)c2)[nH]c(=O)c1Cc1ccc(Cl)cc1. The van der Waals surface area contributed by atoms with Crippen molar-refractivity contribution in [3.63, 3.8) is 0 Å². The van der Waals surface area contributed by atoms with Crippen molar-refractivity contribution in [1.29, 1.82) is 0 Å². The summed E-state index contributed by atoms with van der Waals surface area (Å²) in [5.41, 5.74) is 2.47. The molecule has 0 unspecified atom stereocenters. The first kappa shape index (κ1) is 16.2. The first-order chi connectivity index (χ1) is 11.5. The third-order valence-corrected chi connectivity index (χ3v) is 3.86. The van der Waals surface area contributed by atoms with E-state index in [-0.39, 0.29) is 17.3 Å². The molecule has 0 bridgehead atoms. The Morgan fingerprint density at radius 3 is 2.62 bits per heavy atom. The van der Waals surface area contributed by atoms with Crippen molar-refractivity contribution in [2.45, 2.75) is 13.3 Å². The summed E-state index contributed by atoms with van der Waals surface area (Å²) >= 11 is 5.87. The number of rotatable bonds is 4. The second kappa shape index (κ2) is 6.84. The molecule has 0 fully saturated rings. The highest BCUT2D eigenvalue weighted by molar-refractivity contribution is 6.30. The number of aromatic nitrogens is 2.